The monoisotopic (exact) mass is 651 g/mol. The predicted molar refractivity (Wildman–Crippen MR) is 207 cm³/mol. The number of benzene rings is 6. The minimum absolute atomic E-state index is 0.421. The van der Waals surface area contributed by atoms with Gasteiger partial charge in [-0.05, 0) is 42.5 Å². The Morgan fingerprint density at radius 3 is 1.12 bits per heavy atom. The Kier molecular flexibility index (Phi) is 5.61. The lowest BCUT2D eigenvalue weighted by Crippen LogP contribution is -2.09. The molecule has 0 atom stereocenters. The van der Waals surface area contributed by atoms with Crippen LogP contribution in [0.25, 0.3) is 98.9 Å². The zero-order chi connectivity index (χ0) is 33.6. The molecule has 236 valence electrons. The summed E-state index contributed by atoms with van der Waals surface area (Å²) in [6.07, 6.45) is 0. The average molecular weight is 652 g/mol. The van der Waals surface area contributed by atoms with Crippen molar-refractivity contribution in [1.29, 1.82) is 0 Å². The number of fused-ring (bicyclic) bond motifs is 10. The zero-order valence-electron chi connectivity index (χ0n) is 27.1. The number of rotatable bonds is 3. The normalized spacial score (nSPS) is 11.9. The van der Waals surface area contributed by atoms with Crippen molar-refractivity contribution in [3.63, 3.8) is 0 Å². The molecule has 7 nitrogen and oxygen atoms in total. The molecule has 0 fully saturated rings. The maximum absolute atomic E-state index is 8.44. The standard InChI is InChI=1S/C44H25N7/c1-45-34-26-33-41(46-43(34)50-37-22-10-4-16-29(37)30-17-5-11-23-38(30)50)47-44(51-39-24-12-6-18-31(39)32-19-7-13-25-40(32)51)48-42(33)49-35-20-8-2-14-27(35)28-15-3-9-21-36(28)49/h2-26H. The van der Waals surface area contributed by atoms with Gasteiger partial charge in [-0.15, -0.1) is 0 Å². The van der Waals surface area contributed by atoms with Gasteiger partial charge in [-0.25, -0.2) is 9.83 Å². The number of nitrogens with zero attached hydrogens (tertiary/aromatic N) is 7. The highest BCUT2D eigenvalue weighted by molar-refractivity contribution is 6.12. The van der Waals surface area contributed by atoms with Gasteiger partial charge < -0.3 is 4.57 Å². The molecule has 6 aromatic carbocycles. The van der Waals surface area contributed by atoms with Crippen molar-refractivity contribution in [1.82, 2.24) is 28.7 Å². The number of aromatic nitrogens is 6. The maximum atomic E-state index is 8.44. The lowest BCUT2D eigenvalue weighted by atomic mass is 10.2. The van der Waals surface area contributed by atoms with Crippen molar-refractivity contribution in [2.45, 2.75) is 0 Å². The van der Waals surface area contributed by atoms with Crippen LogP contribution in [-0.2, 0) is 0 Å². The average Bonchev–Trinajstić information content (AvgIpc) is 3.83. The van der Waals surface area contributed by atoms with Crippen LogP contribution in [0.2, 0.25) is 0 Å². The number of hydrogen-bond acceptors (Lipinski definition) is 3. The fourth-order valence-electron chi connectivity index (χ4n) is 7.96. The molecule has 51 heavy (non-hydrogen) atoms. The minimum atomic E-state index is 0.421. The van der Waals surface area contributed by atoms with Gasteiger partial charge in [0, 0.05) is 32.3 Å². The molecule has 0 aliphatic carbocycles. The molecule has 11 aromatic rings. The van der Waals surface area contributed by atoms with Gasteiger partial charge in [0.1, 0.15) is 5.82 Å². The smallest absolute Gasteiger partial charge is 0.238 e. The van der Waals surface area contributed by atoms with Crippen LogP contribution in [0.5, 0.6) is 0 Å². The third-order valence-corrected chi connectivity index (χ3v) is 10.1. The summed E-state index contributed by atoms with van der Waals surface area (Å²) in [5.74, 6) is 1.71. The highest BCUT2D eigenvalue weighted by atomic mass is 15.2. The molecule has 0 aliphatic heterocycles. The second kappa shape index (κ2) is 10.3. The van der Waals surface area contributed by atoms with E-state index in [9.17, 15) is 0 Å². The van der Waals surface area contributed by atoms with E-state index in [0.717, 1.165) is 65.4 Å². The fourth-order valence-corrected chi connectivity index (χ4v) is 7.96. The Morgan fingerprint density at radius 1 is 0.373 bits per heavy atom. The van der Waals surface area contributed by atoms with Crippen molar-refractivity contribution in [3.8, 4) is 17.6 Å². The highest BCUT2D eigenvalue weighted by Gasteiger charge is 2.23. The van der Waals surface area contributed by atoms with E-state index in [-0.39, 0.29) is 0 Å². The van der Waals surface area contributed by atoms with Gasteiger partial charge in [-0.3, -0.25) is 9.13 Å². The van der Waals surface area contributed by atoms with E-state index < -0.39 is 0 Å². The summed E-state index contributed by atoms with van der Waals surface area (Å²) >= 11 is 0. The van der Waals surface area contributed by atoms with Crippen molar-refractivity contribution in [2.75, 3.05) is 0 Å². The highest BCUT2D eigenvalue weighted by Crippen LogP contribution is 2.39. The van der Waals surface area contributed by atoms with Crippen LogP contribution in [0.15, 0.2) is 152 Å². The fraction of sp³-hybridized carbons (Fsp3) is 0. The van der Waals surface area contributed by atoms with Crippen LogP contribution in [0.3, 0.4) is 0 Å². The summed E-state index contributed by atoms with van der Waals surface area (Å²) in [5, 5.41) is 7.39. The van der Waals surface area contributed by atoms with Gasteiger partial charge in [-0.2, -0.15) is 9.97 Å². The first-order valence-electron chi connectivity index (χ1n) is 16.8. The summed E-state index contributed by atoms with van der Waals surface area (Å²) in [5.41, 5.74) is 6.93. The minimum Gasteiger partial charge on any atom is -0.302 e. The van der Waals surface area contributed by atoms with Crippen molar-refractivity contribution < 1.29 is 0 Å². The quantitative estimate of drug-likeness (QED) is 0.179. The van der Waals surface area contributed by atoms with Gasteiger partial charge in [0.25, 0.3) is 0 Å². The Balaban J connectivity index is 1.32. The lowest BCUT2D eigenvalue weighted by Gasteiger charge is -2.16. The summed E-state index contributed by atoms with van der Waals surface area (Å²) in [6, 6.07) is 52.0. The topological polar surface area (TPSA) is 57.8 Å². The number of pyridine rings is 1. The molecule has 11 rings (SSSR count). The third kappa shape index (κ3) is 3.79. The van der Waals surface area contributed by atoms with Crippen LogP contribution >= 0.6 is 0 Å². The first-order valence-corrected chi connectivity index (χ1v) is 16.8. The zero-order valence-corrected chi connectivity index (χ0v) is 27.1. The molecule has 0 bridgehead atoms. The number of para-hydroxylation sites is 6. The van der Waals surface area contributed by atoms with E-state index in [1.165, 1.54) is 0 Å². The van der Waals surface area contributed by atoms with E-state index >= 15 is 0 Å². The van der Waals surface area contributed by atoms with Gasteiger partial charge in [0.05, 0.1) is 45.1 Å². The van der Waals surface area contributed by atoms with Gasteiger partial charge >= 0.3 is 0 Å². The molecule has 5 aromatic heterocycles. The second-order valence-electron chi connectivity index (χ2n) is 12.8. The SMILES string of the molecule is [C-]#[N+]c1cc2c(-n3c4ccccc4c4ccccc43)nc(-n3c4ccccc4c4ccccc43)nc2nc1-n1c2ccccc2c2ccccc21. The molecular weight excluding hydrogens is 627 g/mol. The summed E-state index contributed by atoms with van der Waals surface area (Å²) in [7, 11) is 0. The summed E-state index contributed by atoms with van der Waals surface area (Å²) in [4.78, 5) is 20.1. The Hall–Kier alpha value is -7.30. The lowest BCUT2D eigenvalue weighted by molar-refractivity contribution is 0.961. The first kappa shape index (κ1) is 27.6. The summed E-state index contributed by atoms with van der Waals surface area (Å²) in [6.45, 7) is 8.44. The maximum Gasteiger partial charge on any atom is 0.238 e. The molecule has 0 radical (unpaired) electrons. The van der Waals surface area contributed by atoms with E-state index in [1.54, 1.807) is 0 Å². The molecule has 0 unspecified atom stereocenters. The van der Waals surface area contributed by atoms with E-state index in [1.807, 2.05) is 42.5 Å². The molecule has 0 N–H and O–H groups in total. The molecule has 0 spiro atoms. The van der Waals surface area contributed by atoms with E-state index in [4.69, 9.17) is 21.5 Å². The van der Waals surface area contributed by atoms with Gasteiger partial charge in [0.15, 0.2) is 11.5 Å². The molecule has 0 aliphatic rings. The molecule has 0 amide bonds. The van der Waals surface area contributed by atoms with Crippen molar-refractivity contribution in [2.24, 2.45) is 0 Å². The first-order chi connectivity index (χ1) is 25.3. The Labute approximate surface area is 290 Å². The van der Waals surface area contributed by atoms with Gasteiger partial charge in [-0.1, -0.05) is 109 Å². The van der Waals surface area contributed by atoms with Crippen LogP contribution in [0, 0.1) is 6.57 Å². The summed E-state index contributed by atoms with van der Waals surface area (Å²) < 4.78 is 6.42. The van der Waals surface area contributed by atoms with E-state index in [0.29, 0.717) is 34.3 Å². The number of hydrogen-bond donors (Lipinski definition) is 0. The third-order valence-electron chi connectivity index (χ3n) is 10.1. The molecule has 7 heteroatoms. The van der Waals surface area contributed by atoms with Crippen molar-refractivity contribution >= 4 is 82.1 Å². The van der Waals surface area contributed by atoms with Gasteiger partial charge in [0.2, 0.25) is 11.6 Å². The molecule has 0 saturated heterocycles. The van der Waals surface area contributed by atoms with E-state index in [2.05, 4.69) is 128 Å². The molecular formula is C44H25N7. The van der Waals surface area contributed by atoms with Crippen LogP contribution < -0.4 is 0 Å². The Bertz CT molecular complexity index is 3120. The largest absolute Gasteiger partial charge is 0.302 e. The van der Waals surface area contributed by atoms with Crippen LogP contribution in [0.1, 0.15) is 0 Å². The van der Waals surface area contributed by atoms with Crippen LogP contribution in [0.4, 0.5) is 5.69 Å². The Morgan fingerprint density at radius 2 is 0.725 bits per heavy atom. The predicted octanol–water partition coefficient (Wildman–Crippen LogP) is 10.9. The van der Waals surface area contributed by atoms with Crippen molar-refractivity contribution in [3.05, 3.63) is 163 Å². The van der Waals surface area contributed by atoms with Crippen LogP contribution in [-0.4, -0.2) is 28.7 Å². The molecule has 0 saturated carbocycles. The second-order valence-corrected chi connectivity index (χ2v) is 12.8. The molecule has 5 heterocycles.